The van der Waals surface area contributed by atoms with Crippen molar-refractivity contribution in [3.05, 3.63) is 43.7 Å². The Morgan fingerprint density at radius 2 is 0.633 bits per heavy atom. The quantitative estimate of drug-likeness (QED) is 0.0843. The van der Waals surface area contributed by atoms with Gasteiger partial charge in [-0.2, -0.15) is 0 Å². The topological polar surface area (TPSA) is 279 Å². The standard InChI is InChI=1S/C27H32I6N10O6/c28-16-12(24(46)38-5-1-34)18(30)22(19(31)13(16)25(47)39-6-2-35)42-10(44)9-11(45)43-23-20(32)14(26(48)40-7-3-36)17(29)15(21(23)33)27(49)41-8-4-37/h1-9,34-37H2,(H,38,46)(H,39,47)(H,40,48)(H,41,49)(H,42,44)(H,43,45). The number of halogens is 6. The molecule has 2 rings (SSSR count). The fraction of sp³-hybridized carbons (Fsp3) is 0.333. The second kappa shape index (κ2) is 21.9. The molecule has 0 spiro atoms. The van der Waals surface area contributed by atoms with E-state index in [-0.39, 0.29) is 86.0 Å². The van der Waals surface area contributed by atoms with Crippen molar-refractivity contribution in [2.45, 2.75) is 6.42 Å². The highest BCUT2D eigenvalue weighted by atomic mass is 127. The molecule has 0 saturated carbocycles. The van der Waals surface area contributed by atoms with Crippen molar-refractivity contribution < 1.29 is 28.8 Å². The van der Waals surface area contributed by atoms with Crippen molar-refractivity contribution in [3.63, 3.8) is 0 Å². The van der Waals surface area contributed by atoms with Gasteiger partial charge in [0.2, 0.25) is 11.8 Å². The number of hydrogen-bond donors (Lipinski definition) is 10. The van der Waals surface area contributed by atoms with Gasteiger partial charge in [-0.3, -0.25) is 28.8 Å². The molecule has 0 saturated heterocycles. The summed E-state index contributed by atoms with van der Waals surface area (Å²) < 4.78 is 2.07. The maximum Gasteiger partial charge on any atom is 0.253 e. The minimum atomic E-state index is -0.756. The first-order valence-electron chi connectivity index (χ1n) is 14.1. The highest BCUT2D eigenvalue weighted by molar-refractivity contribution is 14.1. The molecule has 0 aromatic heterocycles. The van der Waals surface area contributed by atoms with Crippen LogP contribution in [0, 0.1) is 21.4 Å². The molecule has 2 aromatic carbocycles. The SMILES string of the molecule is NCCNC(=O)c1c(I)c(NC(=O)CC(=O)Nc2c(I)c(C(=O)NCCN)c(I)c(C(=O)NCCN)c2I)c(I)c(C(=O)NCCN)c1I. The lowest BCUT2D eigenvalue weighted by Crippen LogP contribution is -2.34. The molecule has 6 amide bonds. The lowest BCUT2D eigenvalue weighted by Gasteiger charge is -2.20. The Balaban J connectivity index is 2.54. The minimum absolute atomic E-state index is 0.150. The molecule has 0 atom stereocenters. The van der Waals surface area contributed by atoms with E-state index >= 15 is 0 Å². The van der Waals surface area contributed by atoms with Gasteiger partial charge in [-0.1, -0.05) is 0 Å². The summed E-state index contributed by atoms with van der Waals surface area (Å²) in [7, 11) is 0. The Bertz CT molecular complexity index is 1430. The van der Waals surface area contributed by atoms with Crippen LogP contribution < -0.4 is 54.8 Å². The van der Waals surface area contributed by atoms with E-state index in [0.29, 0.717) is 21.4 Å². The molecule has 22 heteroatoms. The molecule has 0 bridgehead atoms. The number of anilines is 2. The molecule has 0 fully saturated rings. The van der Waals surface area contributed by atoms with E-state index in [4.69, 9.17) is 22.9 Å². The minimum Gasteiger partial charge on any atom is -0.351 e. The second-order valence-corrected chi connectivity index (χ2v) is 16.1. The normalized spacial score (nSPS) is 10.7. The summed E-state index contributed by atoms with van der Waals surface area (Å²) in [6, 6.07) is 0. The fourth-order valence-corrected chi connectivity index (χ4v) is 12.8. The van der Waals surface area contributed by atoms with Crippen molar-refractivity contribution in [2.24, 2.45) is 22.9 Å². The lowest BCUT2D eigenvalue weighted by molar-refractivity contribution is -0.123. The van der Waals surface area contributed by atoms with Crippen LogP contribution in [0.25, 0.3) is 0 Å². The number of nitrogens with two attached hydrogens (primary N) is 4. The average molecular weight is 1350 g/mol. The predicted octanol–water partition coefficient (Wildman–Crippen LogP) is 1.04. The summed E-state index contributed by atoms with van der Waals surface area (Å²) in [4.78, 5) is 79.3. The third kappa shape index (κ3) is 11.7. The van der Waals surface area contributed by atoms with Crippen molar-refractivity contribution in [3.8, 4) is 0 Å². The smallest absolute Gasteiger partial charge is 0.253 e. The van der Waals surface area contributed by atoms with E-state index in [2.05, 4.69) is 31.9 Å². The number of carbonyl (C=O) groups is 6. The first kappa shape index (κ1) is 44.6. The Morgan fingerprint density at radius 1 is 0.408 bits per heavy atom. The van der Waals surface area contributed by atoms with Gasteiger partial charge < -0.3 is 54.8 Å². The van der Waals surface area contributed by atoms with Gasteiger partial charge in [-0.25, -0.2) is 0 Å². The van der Waals surface area contributed by atoms with Crippen LogP contribution in [0.5, 0.6) is 0 Å². The van der Waals surface area contributed by atoms with Crippen molar-refractivity contribution in [1.29, 1.82) is 0 Å². The van der Waals surface area contributed by atoms with E-state index in [1.807, 2.05) is 136 Å². The summed E-state index contributed by atoms with van der Waals surface area (Å²) in [5.41, 5.74) is 23.1. The molecule has 268 valence electrons. The summed E-state index contributed by atoms with van der Waals surface area (Å²) in [5.74, 6) is -3.52. The first-order valence-corrected chi connectivity index (χ1v) is 20.6. The maximum absolute atomic E-state index is 13.3. The average Bonchev–Trinajstić information content (AvgIpc) is 3.04. The van der Waals surface area contributed by atoms with E-state index in [9.17, 15) is 28.8 Å². The van der Waals surface area contributed by atoms with Crippen LogP contribution in [0.1, 0.15) is 47.9 Å². The maximum atomic E-state index is 13.3. The van der Waals surface area contributed by atoms with Crippen LogP contribution in [0.4, 0.5) is 11.4 Å². The molecule has 2 aromatic rings. The van der Waals surface area contributed by atoms with E-state index < -0.39 is 41.9 Å². The van der Waals surface area contributed by atoms with Crippen molar-refractivity contribution in [1.82, 2.24) is 21.3 Å². The predicted molar refractivity (Wildman–Crippen MR) is 237 cm³/mol. The molecule has 0 radical (unpaired) electrons. The number of amides is 6. The Kier molecular flexibility index (Phi) is 19.9. The molecule has 16 nitrogen and oxygen atoms in total. The number of nitrogens with one attached hydrogen (secondary N) is 6. The van der Waals surface area contributed by atoms with Gasteiger partial charge in [0.15, 0.2) is 0 Å². The van der Waals surface area contributed by atoms with Gasteiger partial charge in [0, 0.05) is 59.5 Å². The van der Waals surface area contributed by atoms with Crippen LogP contribution >= 0.6 is 136 Å². The zero-order valence-corrected chi connectivity index (χ0v) is 38.3. The summed E-state index contributed by atoms with van der Waals surface area (Å²) in [5, 5.41) is 16.1. The highest BCUT2D eigenvalue weighted by Crippen LogP contribution is 2.37. The molecule has 0 aliphatic heterocycles. The van der Waals surface area contributed by atoms with Crippen molar-refractivity contribution in [2.75, 3.05) is 63.0 Å². The van der Waals surface area contributed by atoms with Gasteiger partial charge in [-0.05, 0) is 136 Å². The van der Waals surface area contributed by atoms with E-state index in [1.54, 1.807) is 0 Å². The van der Waals surface area contributed by atoms with Gasteiger partial charge in [0.25, 0.3) is 23.6 Å². The molecule has 0 aliphatic carbocycles. The molecule has 14 N–H and O–H groups in total. The summed E-state index contributed by atoms with van der Waals surface area (Å²) in [6.07, 6.45) is -0.691. The number of rotatable bonds is 16. The molecule has 0 heterocycles. The Hall–Kier alpha value is -0.520. The van der Waals surface area contributed by atoms with E-state index in [1.165, 1.54) is 0 Å². The fourth-order valence-electron chi connectivity index (χ4n) is 3.95. The van der Waals surface area contributed by atoms with Gasteiger partial charge in [-0.15, -0.1) is 0 Å². The molecular weight excluding hydrogens is 1320 g/mol. The van der Waals surface area contributed by atoms with Crippen LogP contribution in [-0.4, -0.2) is 87.8 Å². The molecule has 0 aliphatic rings. The third-order valence-electron chi connectivity index (χ3n) is 6.11. The largest absolute Gasteiger partial charge is 0.351 e. The molecular formula is C27H32I6N10O6. The second-order valence-electron chi connectivity index (χ2n) is 9.59. The monoisotopic (exact) mass is 1350 g/mol. The van der Waals surface area contributed by atoms with Crippen LogP contribution in [0.2, 0.25) is 0 Å². The molecule has 0 unspecified atom stereocenters. The highest BCUT2D eigenvalue weighted by Gasteiger charge is 2.31. The van der Waals surface area contributed by atoms with Gasteiger partial charge in [0.1, 0.15) is 6.42 Å². The summed E-state index contributed by atoms with van der Waals surface area (Å²) >= 11 is 11.4. The first-order chi connectivity index (χ1) is 23.2. The Morgan fingerprint density at radius 3 is 0.837 bits per heavy atom. The molecule has 49 heavy (non-hydrogen) atoms. The van der Waals surface area contributed by atoms with E-state index in [0.717, 1.165) is 0 Å². The van der Waals surface area contributed by atoms with Gasteiger partial charge >= 0.3 is 0 Å². The summed E-state index contributed by atoms with van der Waals surface area (Å²) in [6.45, 7) is 1.45. The zero-order chi connectivity index (χ0) is 37.0. The van der Waals surface area contributed by atoms with Crippen LogP contribution in [0.15, 0.2) is 0 Å². The number of carbonyl (C=O) groups excluding carboxylic acids is 6. The third-order valence-corrected chi connectivity index (χ3v) is 12.6. The lowest BCUT2D eigenvalue weighted by atomic mass is 10.1. The zero-order valence-electron chi connectivity index (χ0n) is 25.4. The van der Waals surface area contributed by atoms with Gasteiger partial charge in [0.05, 0.1) is 47.9 Å². The number of benzene rings is 2. The number of hydrogen-bond acceptors (Lipinski definition) is 10. The Labute approximate surface area is 363 Å². The van der Waals surface area contributed by atoms with Crippen LogP contribution in [0.3, 0.4) is 0 Å². The van der Waals surface area contributed by atoms with Crippen LogP contribution in [-0.2, 0) is 9.59 Å². The van der Waals surface area contributed by atoms with Crippen molar-refractivity contribution >= 4 is 182 Å².